The number of nitrogens with zero attached hydrogens (tertiary/aromatic N) is 2. The van der Waals surface area contributed by atoms with Gasteiger partial charge in [-0.25, -0.2) is 10.0 Å². The smallest absolute Gasteiger partial charge is 0.348 e. The molecule has 0 saturated heterocycles. The average molecular weight is 414 g/mol. The minimum atomic E-state index is -4.69. The first kappa shape index (κ1) is 19.7. The van der Waals surface area contributed by atoms with Gasteiger partial charge in [-0.15, -0.1) is 0 Å². The zero-order chi connectivity index (χ0) is 21.4. The van der Waals surface area contributed by atoms with E-state index in [4.69, 9.17) is 4.84 Å². The summed E-state index contributed by atoms with van der Waals surface area (Å²) < 4.78 is 41.7. The Balaban J connectivity index is 1.93. The summed E-state index contributed by atoms with van der Waals surface area (Å²) in [6, 6.07) is 16.5. The van der Waals surface area contributed by atoms with Crippen LogP contribution >= 0.6 is 0 Å². The molecule has 3 aromatic rings. The highest BCUT2D eigenvalue weighted by molar-refractivity contribution is 6.05. The Morgan fingerprint density at radius 2 is 1.77 bits per heavy atom. The van der Waals surface area contributed by atoms with Gasteiger partial charge in [-0.3, -0.25) is 9.63 Å². The van der Waals surface area contributed by atoms with Crippen LogP contribution in [0.4, 0.5) is 30.4 Å². The second-order valence-corrected chi connectivity index (χ2v) is 6.54. The summed E-state index contributed by atoms with van der Waals surface area (Å²) in [4.78, 5) is 23.1. The van der Waals surface area contributed by atoms with Crippen LogP contribution in [-0.4, -0.2) is 18.0 Å². The van der Waals surface area contributed by atoms with Crippen LogP contribution in [0.2, 0.25) is 0 Å². The van der Waals surface area contributed by atoms with Crippen LogP contribution in [0.3, 0.4) is 0 Å². The number of hydrogen-bond acceptors (Lipinski definition) is 5. The zero-order valence-electron chi connectivity index (χ0n) is 15.8. The molecule has 2 N–H and O–H groups in total. The van der Waals surface area contributed by atoms with Gasteiger partial charge in [0.05, 0.1) is 24.0 Å². The summed E-state index contributed by atoms with van der Waals surface area (Å²) in [7, 11) is 1.29. The van der Waals surface area contributed by atoms with Crippen molar-refractivity contribution in [3.8, 4) is 0 Å². The SMILES string of the molecule is CON1c2ccccc2NC1(C(=O)Nc1ccccn1)c1ccccc1C(F)(F)F. The maximum Gasteiger partial charge on any atom is 0.416 e. The molecule has 30 heavy (non-hydrogen) atoms. The standard InChI is InChI=1S/C21H17F3N4O2/c1-30-28-17-11-5-4-10-16(17)27-20(28,19(29)26-18-12-6-7-13-25-18)14-8-2-3-9-15(14)21(22,23)24/h2-13,27H,1H3,(H,25,26,29). The number of fused-ring (bicyclic) bond motifs is 1. The number of anilines is 3. The topological polar surface area (TPSA) is 66.5 Å². The quantitative estimate of drug-likeness (QED) is 0.663. The molecule has 9 heteroatoms. The van der Waals surface area contributed by atoms with Crippen molar-refractivity contribution in [2.24, 2.45) is 0 Å². The van der Waals surface area contributed by atoms with Gasteiger partial charge in [-0.1, -0.05) is 36.4 Å². The number of pyridine rings is 1. The van der Waals surface area contributed by atoms with E-state index in [1.54, 1.807) is 42.5 Å². The summed E-state index contributed by atoms with van der Waals surface area (Å²) >= 11 is 0. The van der Waals surface area contributed by atoms with E-state index < -0.39 is 23.3 Å². The number of rotatable bonds is 4. The number of nitrogens with one attached hydrogen (secondary N) is 2. The van der Waals surface area contributed by atoms with E-state index in [9.17, 15) is 18.0 Å². The van der Waals surface area contributed by atoms with Crippen LogP contribution in [0.15, 0.2) is 72.9 Å². The van der Waals surface area contributed by atoms with Gasteiger partial charge in [0.1, 0.15) is 5.82 Å². The van der Waals surface area contributed by atoms with E-state index in [2.05, 4.69) is 15.6 Å². The first-order chi connectivity index (χ1) is 14.4. The van der Waals surface area contributed by atoms with Gasteiger partial charge >= 0.3 is 6.18 Å². The van der Waals surface area contributed by atoms with Crippen molar-refractivity contribution in [1.82, 2.24) is 4.98 Å². The average Bonchev–Trinajstić information content (AvgIpc) is 3.09. The Morgan fingerprint density at radius 1 is 1.07 bits per heavy atom. The van der Waals surface area contributed by atoms with E-state index >= 15 is 0 Å². The fraction of sp³-hybridized carbons (Fsp3) is 0.143. The molecule has 4 rings (SSSR count). The molecule has 1 aliphatic rings. The molecule has 2 aromatic carbocycles. The van der Waals surface area contributed by atoms with Gasteiger partial charge in [0, 0.05) is 11.8 Å². The third kappa shape index (κ3) is 3.13. The van der Waals surface area contributed by atoms with Crippen molar-refractivity contribution in [3.63, 3.8) is 0 Å². The van der Waals surface area contributed by atoms with Crippen LogP contribution < -0.4 is 15.7 Å². The van der Waals surface area contributed by atoms with E-state index in [0.717, 1.165) is 11.1 Å². The molecule has 2 heterocycles. The van der Waals surface area contributed by atoms with Crippen LogP contribution in [-0.2, 0) is 21.5 Å². The summed E-state index contributed by atoms with van der Waals surface area (Å²) in [5.74, 6) is -0.587. The monoisotopic (exact) mass is 414 g/mol. The number of benzene rings is 2. The van der Waals surface area contributed by atoms with Gasteiger partial charge in [0.2, 0.25) is 5.66 Å². The molecule has 0 spiro atoms. The molecule has 1 unspecified atom stereocenters. The van der Waals surface area contributed by atoms with E-state index in [0.29, 0.717) is 11.4 Å². The Kier molecular flexibility index (Phi) is 4.83. The highest BCUT2D eigenvalue weighted by atomic mass is 19.4. The molecule has 154 valence electrons. The number of amides is 1. The molecule has 0 aliphatic carbocycles. The largest absolute Gasteiger partial charge is 0.416 e. The van der Waals surface area contributed by atoms with Crippen molar-refractivity contribution in [2.75, 3.05) is 22.8 Å². The third-order valence-electron chi connectivity index (χ3n) is 4.78. The molecule has 0 fully saturated rings. The van der Waals surface area contributed by atoms with Crippen LogP contribution in [0.5, 0.6) is 0 Å². The van der Waals surface area contributed by atoms with E-state index in [-0.39, 0.29) is 11.4 Å². The maximum absolute atomic E-state index is 13.9. The van der Waals surface area contributed by atoms with Crippen molar-refractivity contribution >= 4 is 23.1 Å². The third-order valence-corrected chi connectivity index (χ3v) is 4.78. The van der Waals surface area contributed by atoms with E-state index in [1.807, 2.05) is 0 Å². The van der Waals surface area contributed by atoms with Gasteiger partial charge in [0.15, 0.2) is 0 Å². The lowest BCUT2D eigenvalue weighted by Crippen LogP contribution is -2.57. The predicted molar refractivity (Wildman–Crippen MR) is 106 cm³/mol. The second kappa shape index (κ2) is 7.34. The molecule has 0 saturated carbocycles. The van der Waals surface area contributed by atoms with Gasteiger partial charge in [-0.2, -0.15) is 13.2 Å². The Labute approximate surface area is 170 Å². The summed E-state index contributed by atoms with van der Waals surface area (Å²) in [5.41, 5.74) is -2.41. The number of halogens is 3. The van der Waals surface area contributed by atoms with Crippen molar-refractivity contribution in [2.45, 2.75) is 11.8 Å². The fourth-order valence-corrected chi connectivity index (χ4v) is 3.56. The van der Waals surface area contributed by atoms with Crippen LogP contribution in [0.1, 0.15) is 11.1 Å². The van der Waals surface area contributed by atoms with E-state index in [1.165, 1.54) is 31.5 Å². The molecular weight excluding hydrogens is 397 g/mol. The highest BCUT2D eigenvalue weighted by Crippen LogP contribution is 2.48. The minimum Gasteiger partial charge on any atom is -0.348 e. The van der Waals surface area contributed by atoms with Crippen molar-refractivity contribution < 1.29 is 22.8 Å². The first-order valence-corrected chi connectivity index (χ1v) is 8.98. The van der Waals surface area contributed by atoms with Gasteiger partial charge in [-0.05, 0) is 30.3 Å². The molecule has 0 bridgehead atoms. The fourth-order valence-electron chi connectivity index (χ4n) is 3.56. The summed E-state index contributed by atoms with van der Waals surface area (Å²) in [6.45, 7) is 0. The number of carbonyl (C=O) groups excluding carboxylic acids is 1. The number of carbonyl (C=O) groups is 1. The molecule has 1 amide bonds. The van der Waals surface area contributed by atoms with Crippen LogP contribution in [0, 0.1) is 0 Å². The molecule has 1 aliphatic heterocycles. The van der Waals surface area contributed by atoms with Gasteiger partial charge < -0.3 is 10.6 Å². The Morgan fingerprint density at radius 3 is 2.47 bits per heavy atom. The molecule has 0 radical (unpaired) electrons. The molecule has 1 aromatic heterocycles. The van der Waals surface area contributed by atoms with Crippen LogP contribution in [0.25, 0.3) is 0 Å². The molecule has 1 atom stereocenters. The number of alkyl halides is 3. The minimum absolute atomic E-state index is 0.195. The number of hydroxylamine groups is 1. The van der Waals surface area contributed by atoms with Gasteiger partial charge in [0.25, 0.3) is 5.91 Å². The zero-order valence-corrected chi connectivity index (χ0v) is 15.8. The molecule has 6 nitrogen and oxygen atoms in total. The molecular formula is C21H17F3N4O2. The lowest BCUT2D eigenvalue weighted by atomic mass is 9.92. The lowest BCUT2D eigenvalue weighted by Gasteiger charge is -2.38. The highest BCUT2D eigenvalue weighted by Gasteiger charge is 2.55. The number of para-hydroxylation sites is 2. The second-order valence-electron chi connectivity index (χ2n) is 6.54. The normalized spacial score (nSPS) is 17.9. The first-order valence-electron chi connectivity index (χ1n) is 8.98. The maximum atomic E-state index is 13.9. The predicted octanol–water partition coefficient (Wildman–Crippen LogP) is 4.39. The van der Waals surface area contributed by atoms with Crippen molar-refractivity contribution in [1.29, 1.82) is 0 Å². The van der Waals surface area contributed by atoms with Crippen molar-refractivity contribution in [3.05, 3.63) is 84.1 Å². The summed E-state index contributed by atoms with van der Waals surface area (Å²) in [5, 5.41) is 6.70. The summed E-state index contributed by atoms with van der Waals surface area (Å²) in [6.07, 6.45) is -3.22. The number of aromatic nitrogens is 1. The number of hydrogen-bond donors (Lipinski definition) is 2. The Bertz CT molecular complexity index is 1080. The lowest BCUT2D eigenvalue weighted by molar-refractivity contribution is -0.139. The Hall–Kier alpha value is -3.59.